The van der Waals surface area contributed by atoms with Crippen molar-refractivity contribution in [2.75, 3.05) is 39.9 Å². The summed E-state index contributed by atoms with van der Waals surface area (Å²) in [7, 11) is -2.19. The smallest absolute Gasteiger partial charge is 0.310 e. The number of rotatable bonds is 6. The van der Waals surface area contributed by atoms with Crippen LogP contribution in [-0.2, 0) is 19.7 Å². The molecular weight excluding hydrogens is 272 g/mol. The second-order valence-corrected chi connectivity index (χ2v) is 6.54. The van der Waals surface area contributed by atoms with Gasteiger partial charge < -0.3 is 9.84 Å². The van der Waals surface area contributed by atoms with Crippen molar-refractivity contribution in [1.29, 1.82) is 0 Å². The van der Waals surface area contributed by atoms with Gasteiger partial charge in [0.15, 0.2) is 0 Å². The lowest BCUT2D eigenvalue weighted by atomic mass is 10.0. The molecule has 7 nitrogen and oxygen atoms in total. The first-order chi connectivity index (χ1) is 8.93. The summed E-state index contributed by atoms with van der Waals surface area (Å²) in [5.41, 5.74) is 0. The zero-order chi connectivity index (χ0) is 14.5. The molecule has 1 saturated heterocycles. The Morgan fingerprint density at radius 1 is 1.53 bits per heavy atom. The normalized spacial score (nSPS) is 21.6. The molecule has 0 radical (unpaired) electrons. The first-order valence-electron chi connectivity index (χ1n) is 6.42. The Morgan fingerprint density at radius 3 is 2.79 bits per heavy atom. The minimum atomic E-state index is -3.61. The summed E-state index contributed by atoms with van der Waals surface area (Å²) in [5, 5.41) is 8.81. The minimum absolute atomic E-state index is 0.0446. The third-order valence-corrected chi connectivity index (χ3v) is 5.09. The van der Waals surface area contributed by atoms with Crippen LogP contribution in [0.4, 0.5) is 0 Å². The van der Waals surface area contributed by atoms with Gasteiger partial charge in [0.2, 0.25) is 0 Å². The van der Waals surface area contributed by atoms with E-state index in [1.54, 1.807) is 6.92 Å². The Kier molecular flexibility index (Phi) is 6.18. The standard InChI is InChI=1S/C11H22N2O5S/c1-3-18-11(15)10-5-4-6-13(9-10)19(16,17)12(2)7-8-14/h10,14H,3-9H2,1-2H3. The van der Waals surface area contributed by atoms with Crippen LogP contribution < -0.4 is 0 Å². The number of piperidine rings is 1. The highest BCUT2D eigenvalue weighted by Gasteiger charge is 2.34. The average molecular weight is 294 g/mol. The fourth-order valence-electron chi connectivity index (χ4n) is 2.06. The fraction of sp³-hybridized carbons (Fsp3) is 0.909. The highest BCUT2D eigenvalue weighted by atomic mass is 32.2. The monoisotopic (exact) mass is 294 g/mol. The van der Waals surface area contributed by atoms with Gasteiger partial charge in [-0.1, -0.05) is 0 Å². The maximum atomic E-state index is 12.2. The predicted octanol–water partition coefficient (Wildman–Crippen LogP) is -0.570. The van der Waals surface area contributed by atoms with E-state index in [-0.39, 0.29) is 25.7 Å². The number of ether oxygens (including phenoxy) is 1. The van der Waals surface area contributed by atoms with Gasteiger partial charge in [-0.25, -0.2) is 0 Å². The summed E-state index contributed by atoms with van der Waals surface area (Å²) in [6.07, 6.45) is 1.28. The van der Waals surface area contributed by atoms with E-state index < -0.39 is 16.1 Å². The van der Waals surface area contributed by atoms with Crippen molar-refractivity contribution in [2.24, 2.45) is 5.92 Å². The van der Waals surface area contributed by atoms with E-state index >= 15 is 0 Å². The van der Waals surface area contributed by atoms with Crippen LogP contribution in [0, 0.1) is 5.92 Å². The molecule has 1 aliphatic rings. The van der Waals surface area contributed by atoms with Crippen LogP contribution in [-0.4, -0.2) is 68.0 Å². The van der Waals surface area contributed by atoms with Crippen molar-refractivity contribution >= 4 is 16.2 Å². The Labute approximate surface area is 114 Å². The lowest BCUT2D eigenvalue weighted by Crippen LogP contribution is -2.48. The molecule has 1 heterocycles. The van der Waals surface area contributed by atoms with E-state index in [9.17, 15) is 13.2 Å². The number of aliphatic hydroxyl groups excluding tert-OH is 1. The number of likely N-dealkylation sites (N-methyl/N-ethyl adjacent to an activating group) is 1. The predicted molar refractivity (Wildman–Crippen MR) is 69.6 cm³/mol. The number of hydrogen-bond acceptors (Lipinski definition) is 5. The van der Waals surface area contributed by atoms with Crippen molar-refractivity contribution < 1.29 is 23.1 Å². The van der Waals surface area contributed by atoms with Crippen LogP contribution in [0.15, 0.2) is 0 Å². The molecule has 1 fully saturated rings. The molecule has 0 bridgehead atoms. The molecule has 0 amide bonds. The summed E-state index contributed by atoms with van der Waals surface area (Å²) < 4.78 is 31.7. The minimum Gasteiger partial charge on any atom is -0.466 e. The molecule has 1 aliphatic heterocycles. The zero-order valence-electron chi connectivity index (χ0n) is 11.4. The van der Waals surface area contributed by atoms with Crippen LogP contribution >= 0.6 is 0 Å². The van der Waals surface area contributed by atoms with E-state index in [1.165, 1.54) is 11.4 Å². The average Bonchev–Trinajstić information content (AvgIpc) is 2.39. The molecule has 1 unspecified atom stereocenters. The lowest BCUT2D eigenvalue weighted by molar-refractivity contribution is -0.149. The zero-order valence-corrected chi connectivity index (χ0v) is 12.2. The molecule has 0 aliphatic carbocycles. The molecule has 0 spiro atoms. The molecule has 1 atom stereocenters. The van der Waals surface area contributed by atoms with E-state index in [0.29, 0.717) is 26.0 Å². The molecule has 0 aromatic carbocycles. The molecule has 1 N–H and O–H groups in total. The molecule has 112 valence electrons. The van der Waals surface area contributed by atoms with E-state index in [4.69, 9.17) is 9.84 Å². The Balaban J connectivity index is 2.71. The van der Waals surface area contributed by atoms with E-state index in [1.807, 2.05) is 0 Å². The molecule has 0 aromatic rings. The summed E-state index contributed by atoms with van der Waals surface area (Å²) in [4.78, 5) is 11.7. The van der Waals surface area contributed by atoms with Crippen LogP contribution in [0.1, 0.15) is 19.8 Å². The van der Waals surface area contributed by atoms with Gasteiger partial charge in [0.1, 0.15) is 0 Å². The number of hydrogen-bond donors (Lipinski definition) is 1. The van der Waals surface area contributed by atoms with Gasteiger partial charge in [-0.2, -0.15) is 17.0 Å². The van der Waals surface area contributed by atoms with Crippen molar-refractivity contribution in [2.45, 2.75) is 19.8 Å². The molecular formula is C11H22N2O5S. The van der Waals surface area contributed by atoms with Crippen molar-refractivity contribution in [3.8, 4) is 0 Å². The van der Waals surface area contributed by atoms with Crippen molar-refractivity contribution in [3.63, 3.8) is 0 Å². The Morgan fingerprint density at radius 2 is 2.21 bits per heavy atom. The molecule has 0 saturated carbocycles. The molecule has 19 heavy (non-hydrogen) atoms. The lowest BCUT2D eigenvalue weighted by Gasteiger charge is -2.33. The first kappa shape index (κ1) is 16.4. The van der Waals surface area contributed by atoms with Gasteiger partial charge in [-0.3, -0.25) is 4.79 Å². The van der Waals surface area contributed by atoms with E-state index in [0.717, 1.165) is 4.31 Å². The number of carbonyl (C=O) groups excluding carboxylic acids is 1. The van der Waals surface area contributed by atoms with E-state index in [2.05, 4.69) is 0 Å². The summed E-state index contributed by atoms with van der Waals surface area (Å²) in [6.45, 7) is 2.38. The quantitative estimate of drug-likeness (QED) is 0.663. The van der Waals surface area contributed by atoms with Gasteiger partial charge in [-0.15, -0.1) is 0 Å². The number of aliphatic hydroxyl groups is 1. The summed E-state index contributed by atoms with van der Waals surface area (Å²) >= 11 is 0. The second-order valence-electron chi connectivity index (χ2n) is 4.50. The maximum Gasteiger partial charge on any atom is 0.310 e. The van der Waals surface area contributed by atoms with Crippen LogP contribution in [0.25, 0.3) is 0 Å². The Bertz CT molecular complexity index is 398. The SMILES string of the molecule is CCOC(=O)C1CCCN(S(=O)(=O)N(C)CCO)C1. The van der Waals surface area contributed by atoms with Crippen LogP contribution in [0.5, 0.6) is 0 Å². The highest BCUT2D eigenvalue weighted by molar-refractivity contribution is 7.86. The van der Waals surface area contributed by atoms with Gasteiger partial charge in [0.05, 0.1) is 19.1 Å². The number of carbonyl (C=O) groups is 1. The maximum absolute atomic E-state index is 12.2. The van der Waals surface area contributed by atoms with Gasteiger partial charge in [0.25, 0.3) is 10.2 Å². The first-order valence-corrected chi connectivity index (χ1v) is 7.82. The summed E-state index contributed by atoms with van der Waals surface area (Å²) in [5.74, 6) is -0.738. The highest BCUT2D eigenvalue weighted by Crippen LogP contribution is 2.21. The Hall–Kier alpha value is -0.700. The van der Waals surface area contributed by atoms with Crippen LogP contribution in [0.2, 0.25) is 0 Å². The molecule has 1 rings (SSSR count). The number of nitrogens with zero attached hydrogens (tertiary/aromatic N) is 2. The fourth-order valence-corrected chi connectivity index (χ4v) is 3.49. The molecule has 8 heteroatoms. The van der Waals surface area contributed by atoms with Crippen molar-refractivity contribution in [1.82, 2.24) is 8.61 Å². The third kappa shape index (κ3) is 4.13. The van der Waals surface area contributed by atoms with Crippen molar-refractivity contribution in [3.05, 3.63) is 0 Å². The van der Waals surface area contributed by atoms with Gasteiger partial charge in [-0.05, 0) is 19.8 Å². The third-order valence-electron chi connectivity index (χ3n) is 3.14. The topological polar surface area (TPSA) is 87.2 Å². The van der Waals surface area contributed by atoms with Gasteiger partial charge >= 0.3 is 5.97 Å². The molecule has 0 aromatic heterocycles. The van der Waals surface area contributed by atoms with Crippen LogP contribution in [0.3, 0.4) is 0 Å². The van der Waals surface area contributed by atoms with Gasteiger partial charge in [0, 0.05) is 26.7 Å². The second kappa shape index (κ2) is 7.18. The largest absolute Gasteiger partial charge is 0.466 e. The summed E-state index contributed by atoms with van der Waals surface area (Å²) in [6, 6.07) is 0. The number of esters is 1.